The zero-order valence-corrected chi connectivity index (χ0v) is 16.5. The average molecular weight is 399 g/mol. The van der Waals surface area contributed by atoms with Crippen molar-refractivity contribution < 1.29 is 8.42 Å². The summed E-state index contributed by atoms with van der Waals surface area (Å²) in [6.45, 7) is 6.02. The Kier molecular flexibility index (Phi) is 5.30. The second-order valence-corrected chi connectivity index (χ2v) is 9.01. The van der Waals surface area contributed by atoms with E-state index in [-0.39, 0.29) is 0 Å². The van der Waals surface area contributed by atoms with Crippen LogP contribution in [-0.2, 0) is 10.0 Å². The van der Waals surface area contributed by atoms with Crippen LogP contribution in [0.2, 0.25) is 10.0 Å². The molecular formula is C18H20Cl2N2O2S. The summed E-state index contributed by atoms with van der Waals surface area (Å²) in [5.41, 5.74) is 2.96. The number of hydrogen-bond donors (Lipinski definition) is 0. The minimum absolute atomic E-state index is 0.297. The lowest BCUT2D eigenvalue weighted by atomic mass is 10.1. The van der Waals surface area contributed by atoms with Gasteiger partial charge in [0.1, 0.15) is 0 Å². The molecule has 2 aromatic carbocycles. The van der Waals surface area contributed by atoms with E-state index < -0.39 is 10.0 Å². The quantitative estimate of drug-likeness (QED) is 0.780. The van der Waals surface area contributed by atoms with Gasteiger partial charge in [-0.1, -0.05) is 23.2 Å². The summed E-state index contributed by atoms with van der Waals surface area (Å²) >= 11 is 12.0. The molecule has 0 unspecified atom stereocenters. The Morgan fingerprint density at radius 3 is 2.16 bits per heavy atom. The van der Waals surface area contributed by atoms with Gasteiger partial charge in [0.15, 0.2) is 0 Å². The first-order valence-corrected chi connectivity index (χ1v) is 10.3. The van der Waals surface area contributed by atoms with Crippen molar-refractivity contribution in [3.05, 3.63) is 57.6 Å². The fraction of sp³-hybridized carbons (Fsp3) is 0.333. The number of sulfonamides is 1. The van der Waals surface area contributed by atoms with Gasteiger partial charge in [-0.05, 0) is 61.4 Å². The van der Waals surface area contributed by atoms with Gasteiger partial charge in [0.05, 0.1) is 4.90 Å². The summed E-state index contributed by atoms with van der Waals surface area (Å²) in [6.07, 6.45) is 0. The van der Waals surface area contributed by atoms with Crippen LogP contribution in [0.5, 0.6) is 0 Å². The highest BCUT2D eigenvalue weighted by Gasteiger charge is 2.29. The van der Waals surface area contributed by atoms with Crippen LogP contribution in [0.4, 0.5) is 5.69 Å². The fourth-order valence-corrected chi connectivity index (χ4v) is 4.92. The Morgan fingerprint density at radius 1 is 0.880 bits per heavy atom. The molecule has 1 saturated heterocycles. The Labute approximate surface area is 159 Å². The molecule has 0 aliphatic carbocycles. The fourth-order valence-electron chi connectivity index (χ4n) is 3.07. The van der Waals surface area contributed by atoms with Crippen molar-refractivity contribution >= 4 is 38.9 Å². The lowest BCUT2D eigenvalue weighted by molar-refractivity contribution is 0.384. The van der Waals surface area contributed by atoms with Crippen molar-refractivity contribution in [3.63, 3.8) is 0 Å². The van der Waals surface area contributed by atoms with Crippen LogP contribution in [0.15, 0.2) is 41.3 Å². The normalized spacial score (nSPS) is 16.2. The molecule has 0 amide bonds. The Bertz CT molecular complexity index is 892. The molecule has 25 heavy (non-hydrogen) atoms. The highest BCUT2D eigenvalue weighted by Crippen LogP contribution is 2.27. The lowest BCUT2D eigenvalue weighted by Crippen LogP contribution is -2.48. The number of anilines is 1. The third-order valence-electron chi connectivity index (χ3n) is 4.51. The van der Waals surface area contributed by atoms with Gasteiger partial charge < -0.3 is 4.90 Å². The Morgan fingerprint density at radius 2 is 1.56 bits per heavy atom. The second-order valence-electron chi connectivity index (χ2n) is 6.23. The van der Waals surface area contributed by atoms with Gasteiger partial charge in [-0.3, -0.25) is 0 Å². The highest BCUT2D eigenvalue weighted by molar-refractivity contribution is 7.89. The molecule has 0 atom stereocenters. The first kappa shape index (κ1) is 18.5. The summed E-state index contributed by atoms with van der Waals surface area (Å²) in [5, 5.41) is 1.28. The van der Waals surface area contributed by atoms with Crippen molar-refractivity contribution in [2.75, 3.05) is 31.1 Å². The number of hydrogen-bond acceptors (Lipinski definition) is 3. The summed E-state index contributed by atoms with van der Waals surface area (Å²) in [6, 6.07) is 10.6. The van der Waals surface area contributed by atoms with E-state index in [2.05, 4.69) is 4.90 Å². The smallest absolute Gasteiger partial charge is 0.243 e. The Hall–Kier alpha value is -1.27. The van der Waals surface area contributed by atoms with Gasteiger partial charge in [-0.15, -0.1) is 0 Å². The predicted octanol–water partition coefficient (Wildman–Crippen LogP) is 4.12. The van der Waals surface area contributed by atoms with Gasteiger partial charge >= 0.3 is 0 Å². The van der Waals surface area contributed by atoms with Crippen LogP contribution >= 0.6 is 23.2 Å². The summed E-state index contributed by atoms with van der Waals surface area (Å²) < 4.78 is 27.2. The number of aryl methyl sites for hydroxylation is 2. The maximum absolute atomic E-state index is 12.9. The van der Waals surface area contributed by atoms with Crippen molar-refractivity contribution in [1.82, 2.24) is 4.31 Å². The molecule has 2 aromatic rings. The van der Waals surface area contributed by atoms with Crippen molar-refractivity contribution in [2.24, 2.45) is 0 Å². The molecule has 0 radical (unpaired) electrons. The van der Waals surface area contributed by atoms with Gasteiger partial charge in [0, 0.05) is 41.9 Å². The number of rotatable bonds is 3. The van der Waals surface area contributed by atoms with Gasteiger partial charge in [-0.25, -0.2) is 8.42 Å². The van der Waals surface area contributed by atoms with Crippen LogP contribution in [0.1, 0.15) is 11.1 Å². The molecule has 1 aliphatic rings. The van der Waals surface area contributed by atoms with Crippen LogP contribution in [0, 0.1) is 13.8 Å². The van der Waals surface area contributed by atoms with E-state index in [1.54, 1.807) is 18.2 Å². The third kappa shape index (κ3) is 3.80. The van der Waals surface area contributed by atoms with Gasteiger partial charge in [0.2, 0.25) is 10.0 Å². The minimum Gasteiger partial charge on any atom is -0.369 e. The first-order valence-electron chi connectivity index (χ1n) is 8.06. The average Bonchev–Trinajstić information content (AvgIpc) is 2.57. The van der Waals surface area contributed by atoms with Crippen LogP contribution in [0.3, 0.4) is 0 Å². The molecule has 0 N–H and O–H groups in total. The van der Waals surface area contributed by atoms with Crippen LogP contribution in [0.25, 0.3) is 0 Å². The molecular weight excluding hydrogens is 379 g/mol. The van der Waals surface area contributed by atoms with E-state index in [9.17, 15) is 8.42 Å². The Balaban J connectivity index is 1.76. The standard InChI is InChI=1S/C18H20Cl2N2O2S/c1-13-12-16(4-5-17(13)20)25(23,24)22-9-7-21(8-10-22)18-6-3-15(19)11-14(18)2/h3-6,11-12H,7-10H2,1-2H3. The zero-order chi connectivity index (χ0) is 18.2. The monoisotopic (exact) mass is 398 g/mol. The van der Waals surface area contributed by atoms with Crippen molar-refractivity contribution in [2.45, 2.75) is 18.7 Å². The van der Waals surface area contributed by atoms with Crippen LogP contribution < -0.4 is 4.90 Å². The molecule has 1 fully saturated rings. The number of nitrogens with zero attached hydrogens (tertiary/aromatic N) is 2. The third-order valence-corrected chi connectivity index (χ3v) is 7.06. The minimum atomic E-state index is -3.50. The van der Waals surface area contributed by atoms with Gasteiger partial charge in [-0.2, -0.15) is 4.31 Å². The number of halogens is 2. The summed E-state index contributed by atoms with van der Waals surface area (Å²) in [7, 11) is -3.50. The van der Waals surface area contributed by atoms with E-state index in [4.69, 9.17) is 23.2 Å². The SMILES string of the molecule is Cc1cc(S(=O)(=O)N2CCN(c3ccc(Cl)cc3C)CC2)ccc1Cl. The molecule has 1 heterocycles. The van der Waals surface area contributed by atoms with E-state index in [1.807, 2.05) is 32.0 Å². The number of piperazine rings is 1. The molecule has 0 bridgehead atoms. The number of benzene rings is 2. The molecule has 0 aromatic heterocycles. The van der Waals surface area contributed by atoms with E-state index in [0.717, 1.165) is 16.8 Å². The molecule has 4 nitrogen and oxygen atoms in total. The van der Waals surface area contributed by atoms with Crippen molar-refractivity contribution in [3.8, 4) is 0 Å². The topological polar surface area (TPSA) is 40.6 Å². The summed E-state index contributed by atoms with van der Waals surface area (Å²) in [4.78, 5) is 2.50. The maximum atomic E-state index is 12.9. The van der Waals surface area contributed by atoms with Gasteiger partial charge in [0.25, 0.3) is 0 Å². The molecule has 3 rings (SSSR count). The van der Waals surface area contributed by atoms with E-state index in [1.165, 1.54) is 4.31 Å². The maximum Gasteiger partial charge on any atom is 0.243 e. The molecule has 0 saturated carbocycles. The summed E-state index contributed by atoms with van der Waals surface area (Å²) in [5.74, 6) is 0. The molecule has 0 spiro atoms. The van der Waals surface area contributed by atoms with E-state index >= 15 is 0 Å². The second kappa shape index (κ2) is 7.16. The predicted molar refractivity (Wildman–Crippen MR) is 103 cm³/mol. The van der Waals surface area contributed by atoms with Crippen LogP contribution in [-0.4, -0.2) is 38.9 Å². The molecule has 1 aliphatic heterocycles. The van der Waals surface area contributed by atoms with E-state index in [0.29, 0.717) is 41.1 Å². The molecule has 7 heteroatoms. The highest BCUT2D eigenvalue weighted by atomic mass is 35.5. The first-order chi connectivity index (χ1) is 11.8. The zero-order valence-electron chi connectivity index (χ0n) is 14.2. The van der Waals surface area contributed by atoms with Crippen molar-refractivity contribution in [1.29, 1.82) is 0 Å². The lowest BCUT2D eigenvalue weighted by Gasteiger charge is -2.36. The largest absolute Gasteiger partial charge is 0.369 e. The molecule has 134 valence electrons.